The van der Waals surface area contributed by atoms with E-state index in [1.54, 1.807) is 0 Å². The monoisotopic (exact) mass is 276 g/mol. The van der Waals surface area contributed by atoms with Crippen LogP contribution in [0.1, 0.15) is 39.5 Å². The summed E-state index contributed by atoms with van der Waals surface area (Å²) >= 11 is 0. The summed E-state index contributed by atoms with van der Waals surface area (Å²) in [6.45, 7) is 4.29. The van der Waals surface area contributed by atoms with Crippen molar-refractivity contribution in [3.8, 4) is 0 Å². The molecule has 1 fully saturated rings. The molecular formula is C11H24N4O2S. The topological polar surface area (TPSA) is 99.3 Å². The van der Waals surface area contributed by atoms with Gasteiger partial charge in [-0.2, -0.15) is 12.7 Å². The van der Waals surface area contributed by atoms with Gasteiger partial charge in [0.15, 0.2) is 0 Å². The first kappa shape index (κ1) is 15.4. The fourth-order valence-electron chi connectivity index (χ4n) is 2.13. The summed E-state index contributed by atoms with van der Waals surface area (Å²) in [4.78, 5) is 0. The maximum atomic E-state index is 12.2. The minimum Gasteiger partial charge on any atom is -0.387 e. The Morgan fingerprint density at radius 2 is 2.00 bits per heavy atom. The number of nitrogens with two attached hydrogens (primary N) is 1. The van der Waals surface area contributed by atoms with Crippen molar-refractivity contribution in [1.82, 2.24) is 9.03 Å². The van der Waals surface area contributed by atoms with E-state index in [1.807, 2.05) is 13.8 Å². The SMILES string of the molecule is CC(C)CNS(=O)(=O)N(CC(=N)N)C1CCCC1. The molecular weight excluding hydrogens is 252 g/mol. The van der Waals surface area contributed by atoms with Gasteiger partial charge in [-0.1, -0.05) is 26.7 Å². The van der Waals surface area contributed by atoms with Crippen LogP contribution in [0.2, 0.25) is 0 Å². The second kappa shape index (κ2) is 6.49. The van der Waals surface area contributed by atoms with Crippen LogP contribution >= 0.6 is 0 Å². The number of hydrogen-bond donors (Lipinski definition) is 3. The first-order valence-electron chi connectivity index (χ1n) is 6.42. The van der Waals surface area contributed by atoms with E-state index < -0.39 is 10.2 Å². The molecule has 1 rings (SSSR count). The molecule has 0 saturated heterocycles. The molecule has 0 amide bonds. The number of amidine groups is 1. The van der Waals surface area contributed by atoms with Gasteiger partial charge in [-0.3, -0.25) is 5.41 Å². The first-order chi connectivity index (χ1) is 8.33. The van der Waals surface area contributed by atoms with Crippen LogP contribution in [0.25, 0.3) is 0 Å². The molecule has 7 heteroatoms. The summed E-state index contributed by atoms with van der Waals surface area (Å²) in [5.41, 5.74) is 5.36. The number of hydrogen-bond acceptors (Lipinski definition) is 3. The van der Waals surface area contributed by atoms with Crippen LogP contribution in [0.5, 0.6) is 0 Å². The van der Waals surface area contributed by atoms with Crippen molar-refractivity contribution in [2.24, 2.45) is 11.7 Å². The van der Waals surface area contributed by atoms with E-state index >= 15 is 0 Å². The predicted molar refractivity (Wildman–Crippen MR) is 72.6 cm³/mol. The molecule has 4 N–H and O–H groups in total. The zero-order valence-electron chi connectivity index (χ0n) is 11.1. The van der Waals surface area contributed by atoms with Crippen LogP contribution < -0.4 is 10.5 Å². The van der Waals surface area contributed by atoms with E-state index in [4.69, 9.17) is 11.1 Å². The summed E-state index contributed by atoms with van der Waals surface area (Å²) < 4.78 is 28.4. The molecule has 18 heavy (non-hydrogen) atoms. The second-order valence-corrected chi connectivity index (χ2v) is 6.96. The summed E-state index contributed by atoms with van der Waals surface area (Å²) in [7, 11) is -3.53. The average Bonchev–Trinajstić information content (AvgIpc) is 2.76. The van der Waals surface area contributed by atoms with Crippen LogP contribution in [0, 0.1) is 11.3 Å². The van der Waals surface area contributed by atoms with Crippen molar-refractivity contribution < 1.29 is 8.42 Å². The molecule has 0 bridgehead atoms. The normalized spacial score (nSPS) is 17.8. The van der Waals surface area contributed by atoms with Crippen molar-refractivity contribution in [2.75, 3.05) is 13.1 Å². The Morgan fingerprint density at radius 3 is 2.44 bits per heavy atom. The van der Waals surface area contributed by atoms with Gasteiger partial charge in [0.1, 0.15) is 5.84 Å². The average molecular weight is 276 g/mol. The molecule has 0 radical (unpaired) electrons. The van der Waals surface area contributed by atoms with Gasteiger partial charge in [0.2, 0.25) is 0 Å². The highest BCUT2D eigenvalue weighted by atomic mass is 32.2. The molecule has 0 aromatic carbocycles. The van der Waals surface area contributed by atoms with Crippen LogP contribution in [0.4, 0.5) is 0 Å². The third kappa shape index (κ3) is 4.55. The summed E-state index contributed by atoms with van der Waals surface area (Å²) in [6, 6.07) is -0.0152. The number of nitrogens with zero attached hydrogens (tertiary/aromatic N) is 1. The van der Waals surface area contributed by atoms with E-state index in [0.717, 1.165) is 25.7 Å². The summed E-state index contributed by atoms with van der Waals surface area (Å²) in [6.07, 6.45) is 3.79. The molecule has 0 spiro atoms. The highest BCUT2D eigenvalue weighted by Gasteiger charge is 2.32. The van der Waals surface area contributed by atoms with Gasteiger partial charge in [-0.05, 0) is 18.8 Å². The molecule has 6 nitrogen and oxygen atoms in total. The third-order valence-electron chi connectivity index (χ3n) is 3.04. The lowest BCUT2D eigenvalue weighted by molar-refractivity contribution is 0.346. The predicted octanol–water partition coefficient (Wildman–Crippen LogP) is 0.657. The standard InChI is InChI=1S/C11H24N4O2S/c1-9(2)7-14-18(16,17)15(8-11(12)13)10-5-3-4-6-10/h9-10,14H,3-8H2,1-2H3,(H3,12,13). The lowest BCUT2D eigenvalue weighted by atomic mass is 10.2. The van der Waals surface area contributed by atoms with Crippen molar-refractivity contribution in [2.45, 2.75) is 45.6 Å². The Kier molecular flexibility index (Phi) is 5.55. The van der Waals surface area contributed by atoms with E-state index in [2.05, 4.69) is 4.72 Å². The number of rotatable bonds is 7. The summed E-state index contributed by atoms with van der Waals surface area (Å²) in [5.74, 6) is 0.138. The van der Waals surface area contributed by atoms with E-state index in [9.17, 15) is 8.42 Å². The molecule has 0 atom stereocenters. The lowest BCUT2D eigenvalue weighted by Crippen LogP contribution is -2.49. The van der Waals surface area contributed by atoms with Crippen LogP contribution in [0.3, 0.4) is 0 Å². The Bertz CT molecular complexity index is 375. The zero-order valence-corrected chi connectivity index (χ0v) is 12.0. The fourth-order valence-corrected chi connectivity index (χ4v) is 3.75. The van der Waals surface area contributed by atoms with Crippen LogP contribution in [-0.4, -0.2) is 37.7 Å². The van der Waals surface area contributed by atoms with Crippen LogP contribution in [0.15, 0.2) is 0 Å². The smallest absolute Gasteiger partial charge is 0.280 e. The van der Waals surface area contributed by atoms with E-state index in [0.29, 0.717) is 6.54 Å². The van der Waals surface area contributed by atoms with Gasteiger partial charge < -0.3 is 5.73 Å². The highest BCUT2D eigenvalue weighted by Crippen LogP contribution is 2.25. The van der Waals surface area contributed by atoms with E-state index in [-0.39, 0.29) is 24.3 Å². The van der Waals surface area contributed by atoms with Gasteiger partial charge in [-0.25, -0.2) is 4.72 Å². The lowest BCUT2D eigenvalue weighted by Gasteiger charge is -2.27. The van der Waals surface area contributed by atoms with Crippen molar-refractivity contribution in [1.29, 1.82) is 5.41 Å². The number of nitrogens with one attached hydrogen (secondary N) is 2. The first-order valence-corrected chi connectivity index (χ1v) is 7.86. The Morgan fingerprint density at radius 1 is 1.44 bits per heavy atom. The molecule has 0 aromatic rings. The zero-order chi connectivity index (χ0) is 13.8. The van der Waals surface area contributed by atoms with Gasteiger partial charge >= 0.3 is 0 Å². The van der Waals surface area contributed by atoms with Gasteiger partial charge in [-0.15, -0.1) is 0 Å². The molecule has 106 valence electrons. The Labute approximate surface area is 110 Å². The Hall–Kier alpha value is -0.660. The Balaban J connectivity index is 2.76. The molecule has 1 saturated carbocycles. The van der Waals surface area contributed by atoms with Gasteiger partial charge in [0, 0.05) is 12.6 Å². The molecule has 1 aliphatic carbocycles. The second-order valence-electron chi connectivity index (χ2n) is 5.26. The third-order valence-corrected chi connectivity index (χ3v) is 4.62. The fraction of sp³-hybridized carbons (Fsp3) is 0.909. The van der Waals surface area contributed by atoms with Gasteiger partial charge in [0.25, 0.3) is 10.2 Å². The maximum absolute atomic E-state index is 12.2. The quantitative estimate of drug-likeness (QED) is 0.470. The maximum Gasteiger partial charge on any atom is 0.280 e. The van der Waals surface area contributed by atoms with E-state index in [1.165, 1.54) is 4.31 Å². The van der Waals surface area contributed by atoms with Crippen molar-refractivity contribution in [3.63, 3.8) is 0 Å². The molecule has 1 aliphatic rings. The molecule has 0 unspecified atom stereocenters. The molecule has 0 heterocycles. The summed E-state index contributed by atoms with van der Waals surface area (Å²) in [5, 5.41) is 7.33. The minimum absolute atomic E-state index is 0.0152. The van der Waals surface area contributed by atoms with Crippen molar-refractivity contribution in [3.05, 3.63) is 0 Å². The highest BCUT2D eigenvalue weighted by molar-refractivity contribution is 7.87. The molecule has 0 aliphatic heterocycles. The minimum atomic E-state index is -3.53. The molecule has 0 aromatic heterocycles. The van der Waals surface area contributed by atoms with Gasteiger partial charge in [0.05, 0.1) is 6.54 Å². The largest absolute Gasteiger partial charge is 0.387 e. The van der Waals surface area contributed by atoms with Crippen LogP contribution in [-0.2, 0) is 10.2 Å². The van der Waals surface area contributed by atoms with Crippen molar-refractivity contribution >= 4 is 16.0 Å².